The fourth-order valence-corrected chi connectivity index (χ4v) is 5.24. The number of rotatable bonds is 7. The molecule has 2 N–H and O–H groups in total. The zero-order valence-corrected chi connectivity index (χ0v) is 19.8. The fraction of sp³-hybridized carbons (Fsp3) is 0.269. The van der Waals surface area contributed by atoms with Gasteiger partial charge in [-0.15, -0.1) is 11.3 Å². The van der Waals surface area contributed by atoms with Gasteiger partial charge in [0.2, 0.25) is 0 Å². The molecule has 1 aromatic heterocycles. The van der Waals surface area contributed by atoms with Gasteiger partial charge in [-0.2, -0.15) is 0 Å². The van der Waals surface area contributed by atoms with Crippen molar-refractivity contribution in [2.24, 2.45) is 0 Å². The number of likely N-dealkylation sites (tertiary alicyclic amines) is 1. The molecule has 1 fully saturated rings. The number of nitrogens with zero attached hydrogens (tertiary/aromatic N) is 1. The number of amides is 1. The molecule has 3 heterocycles. The summed E-state index contributed by atoms with van der Waals surface area (Å²) >= 11 is 7.18. The van der Waals surface area contributed by atoms with Crippen molar-refractivity contribution in [2.45, 2.75) is 25.5 Å². The van der Waals surface area contributed by atoms with Gasteiger partial charge in [-0.25, -0.2) is 0 Å². The lowest BCUT2D eigenvalue weighted by Gasteiger charge is -2.15. The van der Waals surface area contributed by atoms with E-state index < -0.39 is 0 Å². The summed E-state index contributed by atoms with van der Waals surface area (Å²) in [7, 11) is 0. The molecule has 0 spiro atoms. The number of hydroxylamine groups is 1. The van der Waals surface area contributed by atoms with Crippen LogP contribution in [0.25, 0.3) is 16.8 Å². The van der Waals surface area contributed by atoms with Gasteiger partial charge in [0.15, 0.2) is 0 Å². The average Bonchev–Trinajstić information content (AvgIpc) is 3.60. The summed E-state index contributed by atoms with van der Waals surface area (Å²) in [5, 5.41) is 2.90. The monoisotopic (exact) mass is 479 g/mol. The predicted octanol–water partition coefficient (Wildman–Crippen LogP) is 5.34. The second-order valence-corrected chi connectivity index (χ2v) is 10.1. The highest BCUT2D eigenvalue weighted by atomic mass is 35.5. The zero-order chi connectivity index (χ0) is 22.6. The lowest BCUT2D eigenvalue weighted by atomic mass is 9.99. The Hall–Kier alpha value is -2.64. The van der Waals surface area contributed by atoms with E-state index in [2.05, 4.69) is 64.2 Å². The summed E-state index contributed by atoms with van der Waals surface area (Å²) in [5.41, 5.74) is 8.71. The molecule has 2 aliphatic rings. The first-order valence-corrected chi connectivity index (χ1v) is 12.4. The quantitative estimate of drug-likeness (QED) is 0.480. The van der Waals surface area contributed by atoms with Crippen molar-refractivity contribution in [3.05, 3.63) is 87.1 Å². The van der Waals surface area contributed by atoms with E-state index in [1.807, 2.05) is 6.08 Å². The Labute approximate surface area is 203 Å². The molecule has 5 rings (SSSR count). The molecule has 2 aliphatic heterocycles. The van der Waals surface area contributed by atoms with E-state index in [1.54, 1.807) is 12.1 Å². The SMILES string of the molecule is O=C(NCC1C=C(c2cccc(-c3cccc(CN4CCCC4)c3)c2)NO1)c1ccc(Cl)s1. The van der Waals surface area contributed by atoms with Crippen molar-refractivity contribution >= 4 is 34.5 Å². The molecule has 33 heavy (non-hydrogen) atoms. The van der Waals surface area contributed by atoms with E-state index in [1.165, 1.54) is 54.0 Å². The first-order chi connectivity index (χ1) is 16.1. The van der Waals surface area contributed by atoms with E-state index in [0.717, 1.165) is 17.8 Å². The maximum Gasteiger partial charge on any atom is 0.261 e. The van der Waals surface area contributed by atoms with E-state index >= 15 is 0 Å². The molecule has 1 unspecified atom stereocenters. The minimum atomic E-state index is -0.244. The van der Waals surface area contributed by atoms with Gasteiger partial charge >= 0.3 is 0 Å². The van der Waals surface area contributed by atoms with Crippen LogP contribution < -0.4 is 10.8 Å². The number of nitrogens with one attached hydrogen (secondary N) is 2. The zero-order valence-electron chi connectivity index (χ0n) is 18.2. The van der Waals surface area contributed by atoms with Crippen molar-refractivity contribution in [2.75, 3.05) is 19.6 Å². The standard InChI is InChI=1S/C26H26ClN3O2S/c27-25-10-9-24(33-25)26(31)28-16-22-15-23(29-32-22)21-8-4-7-20(14-21)19-6-3-5-18(13-19)17-30-11-1-2-12-30/h3-10,13-15,22,29H,1-2,11-12,16-17H2,(H,28,31). The average molecular weight is 480 g/mol. The summed E-state index contributed by atoms with van der Waals surface area (Å²) in [6.07, 6.45) is 4.37. The van der Waals surface area contributed by atoms with Crippen molar-refractivity contribution in [3.63, 3.8) is 0 Å². The van der Waals surface area contributed by atoms with Crippen LogP contribution in [-0.2, 0) is 11.4 Å². The predicted molar refractivity (Wildman–Crippen MR) is 134 cm³/mol. The molecule has 1 saturated heterocycles. The van der Waals surface area contributed by atoms with Crippen molar-refractivity contribution < 1.29 is 9.63 Å². The molecule has 3 aromatic rings. The molecule has 7 heteroatoms. The Morgan fingerprint density at radius 3 is 2.61 bits per heavy atom. The second kappa shape index (κ2) is 10.1. The van der Waals surface area contributed by atoms with Crippen LogP contribution >= 0.6 is 22.9 Å². The summed E-state index contributed by atoms with van der Waals surface area (Å²) in [4.78, 5) is 21.0. The van der Waals surface area contributed by atoms with Gasteiger partial charge in [0.25, 0.3) is 5.91 Å². The number of carbonyl (C=O) groups is 1. The van der Waals surface area contributed by atoms with Gasteiger partial charge < -0.3 is 5.32 Å². The number of benzene rings is 2. The number of thiophene rings is 1. The maximum absolute atomic E-state index is 12.2. The van der Waals surface area contributed by atoms with E-state index in [9.17, 15) is 4.79 Å². The molecule has 0 saturated carbocycles. The molecule has 170 valence electrons. The summed E-state index contributed by atoms with van der Waals surface area (Å²) in [5.74, 6) is -0.145. The molecule has 5 nitrogen and oxygen atoms in total. The number of hydrogen-bond donors (Lipinski definition) is 2. The van der Waals surface area contributed by atoms with Crippen molar-refractivity contribution in [1.29, 1.82) is 0 Å². The number of halogens is 1. The second-order valence-electron chi connectivity index (χ2n) is 8.42. The number of hydrogen-bond acceptors (Lipinski definition) is 5. The highest BCUT2D eigenvalue weighted by Crippen LogP contribution is 2.27. The Balaban J connectivity index is 1.25. The minimum Gasteiger partial charge on any atom is -0.348 e. The third-order valence-electron chi connectivity index (χ3n) is 5.97. The Morgan fingerprint density at radius 1 is 1.06 bits per heavy atom. The first kappa shape index (κ1) is 22.2. The van der Waals surface area contributed by atoms with Crippen LogP contribution in [0.2, 0.25) is 4.34 Å². The highest BCUT2D eigenvalue weighted by molar-refractivity contribution is 7.18. The Bertz CT molecular complexity index is 1170. The van der Waals surface area contributed by atoms with Crippen LogP contribution in [0, 0.1) is 0 Å². The topological polar surface area (TPSA) is 53.6 Å². The molecule has 0 aliphatic carbocycles. The maximum atomic E-state index is 12.2. The van der Waals surface area contributed by atoms with E-state index in [4.69, 9.17) is 16.4 Å². The molecule has 2 aromatic carbocycles. The van der Waals surface area contributed by atoms with Crippen molar-refractivity contribution in [1.82, 2.24) is 15.7 Å². The van der Waals surface area contributed by atoms with Crippen LogP contribution in [0.1, 0.15) is 33.6 Å². The lowest BCUT2D eigenvalue weighted by molar-refractivity contribution is 0.0499. The van der Waals surface area contributed by atoms with Crippen LogP contribution in [-0.4, -0.2) is 36.5 Å². The Morgan fingerprint density at radius 2 is 1.82 bits per heavy atom. The largest absolute Gasteiger partial charge is 0.348 e. The summed E-state index contributed by atoms with van der Waals surface area (Å²) in [6, 6.07) is 20.7. The van der Waals surface area contributed by atoms with Gasteiger partial charge in [0.1, 0.15) is 6.10 Å². The summed E-state index contributed by atoms with van der Waals surface area (Å²) < 4.78 is 0.600. The smallest absolute Gasteiger partial charge is 0.261 e. The third-order valence-corrected chi connectivity index (χ3v) is 7.20. The van der Waals surface area contributed by atoms with Crippen LogP contribution in [0.5, 0.6) is 0 Å². The molecular weight excluding hydrogens is 454 g/mol. The van der Waals surface area contributed by atoms with E-state index in [-0.39, 0.29) is 12.0 Å². The molecular formula is C26H26ClN3O2S. The summed E-state index contributed by atoms with van der Waals surface area (Å²) in [6.45, 7) is 3.78. The van der Waals surface area contributed by atoms with Gasteiger partial charge in [-0.3, -0.25) is 20.0 Å². The van der Waals surface area contributed by atoms with Gasteiger partial charge in [-0.05, 0) is 73.0 Å². The van der Waals surface area contributed by atoms with Gasteiger partial charge in [0.05, 0.1) is 21.5 Å². The first-order valence-electron chi connectivity index (χ1n) is 11.2. The Kier molecular flexibility index (Phi) is 6.78. The lowest BCUT2D eigenvalue weighted by Crippen LogP contribution is -2.31. The van der Waals surface area contributed by atoms with Crippen LogP contribution in [0.15, 0.2) is 66.7 Å². The molecule has 1 amide bonds. The highest BCUT2D eigenvalue weighted by Gasteiger charge is 2.19. The van der Waals surface area contributed by atoms with Gasteiger partial charge in [0, 0.05) is 12.1 Å². The number of carbonyl (C=O) groups excluding carboxylic acids is 1. The minimum absolute atomic E-state index is 0.145. The van der Waals surface area contributed by atoms with Crippen LogP contribution in [0.3, 0.4) is 0 Å². The molecule has 1 atom stereocenters. The fourth-order valence-electron chi connectivity index (χ4n) is 4.28. The van der Waals surface area contributed by atoms with Crippen LogP contribution in [0.4, 0.5) is 0 Å². The molecule has 0 radical (unpaired) electrons. The third kappa shape index (κ3) is 5.47. The van der Waals surface area contributed by atoms with Crippen molar-refractivity contribution in [3.8, 4) is 11.1 Å². The van der Waals surface area contributed by atoms with E-state index in [0.29, 0.717) is 15.8 Å². The van der Waals surface area contributed by atoms with Gasteiger partial charge in [-0.1, -0.05) is 48.0 Å². The molecule has 0 bridgehead atoms. The normalized spacial score (nSPS) is 18.2.